The molecular formula is C13H17F2N5O2. The Morgan fingerprint density at radius 1 is 1.50 bits per heavy atom. The third kappa shape index (κ3) is 3.48. The lowest BCUT2D eigenvalue weighted by molar-refractivity contribution is -0.119. The summed E-state index contributed by atoms with van der Waals surface area (Å²) in [6, 6.07) is 0.545. The largest absolute Gasteiger partial charge is 0.362 e. The average Bonchev–Trinajstić information content (AvgIpc) is 3.05. The second-order valence-corrected chi connectivity index (χ2v) is 4.81. The molecule has 120 valence electrons. The van der Waals surface area contributed by atoms with Crippen LogP contribution in [0.25, 0.3) is 0 Å². The Morgan fingerprint density at radius 2 is 2.23 bits per heavy atom. The molecule has 0 bridgehead atoms. The summed E-state index contributed by atoms with van der Waals surface area (Å²) in [7, 11) is 1.53. The van der Waals surface area contributed by atoms with Crippen molar-refractivity contribution in [3.05, 3.63) is 29.8 Å². The van der Waals surface area contributed by atoms with Crippen LogP contribution in [0, 0.1) is 6.92 Å². The van der Waals surface area contributed by atoms with E-state index in [9.17, 15) is 13.6 Å². The maximum absolute atomic E-state index is 12.6. The van der Waals surface area contributed by atoms with Crippen molar-refractivity contribution in [2.24, 2.45) is 0 Å². The Balaban J connectivity index is 2.08. The van der Waals surface area contributed by atoms with Crippen LogP contribution in [-0.2, 0) is 16.3 Å². The van der Waals surface area contributed by atoms with Gasteiger partial charge in [-0.05, 0) is 19.9 Å². The number of carbonyl (C=O) groups excluding carboxylic acids is 1. The van der Waals surface area contributed by atoms with Crippen LogP contribution in [-0.4, -0.2) is 32.6 Å². The first-order chi connectivity index (χ1) is 10.4. The number of aromatic nitrogens is 4. The summed E-state index contributed by atoms with van der Waals surface area (Å²) < 4.78 is 33.0. The van der Waals surface area contributed by atoms with E-state index in [-0.39, 0.29) is 18.3 Å². The van der Waals surface area contributed by atoms with Gasteiger partial charge in [0.2, 0.25) is 5.91 Å². The van der Waals surface area contributed by atoms with Gasteiger partial charge in [0.15, 0.2) is 0 Å². The van der Waals surface area contributed by atoms with Gasteiger partial charge in [0.1, 0.15) is 18.5 Å². The fraction of sp³-hybridized carbons (Fsp3) is 0.462. The molecule has 22 heavy (non-hydrogen) atoms. The van der Waals surface area contributed by atoms with Crippen LogP contribution in [0.5, 0.6) is 0 Å². The van der Waals surface area contributed by atoms with E-state index in [4.69, 9.17) is 4.74 Å². The molecule has 0 aliphatic carbocycles. The van der Waals surface area contributed by atoms with Crippen molar-refractivity contribution >= 4 is 11.6 Å². The standard InChI is InChI=1S/C13H17F2N5O2/c1-8-4-11(12(14)15)18-20(8)9(2)13(21)17-10-5-16-19(6-10)7-22-3/h4-6,9,12H,7H2,1-3H3,(H,17,21). The van der Waals surface area contributed by atoms with Gasteiger partial charge < -0.3 is 10.1 Å². The summed E-state index contributed by atoms with van der Waals surface area (Å²) in [6.45, 7) is 3.48. The molecule has 0 fully saturated rings. The minimum absolute atomic E-state index is 0.265. The summed E-state index contributed by atoms with van der Waals surface area (Å²) in [5.41, 5.74) is 0.644. The topological polar surface area (TPSA) is 74.0 Å². The van der Waals surface area contributed by atoms with Gasteiger partial charge in [0.05, 0.1) is 18.1 Å². The summed E-state index contributed by atoms with van der Waals surface area (Å²) in [4.78, 5) is 12.2. The molecule has 0 saturated carbocycles. The van der Waals surface area contributed by atoms with Crippen molar-refractivity contribution in [3.63, 3.8) is 0 Å². The van der Waals surface area contributed by atoms with Crippen molar-refractivity contribution in [2.45, 2.75) is 33.0 Å². The highest BCUT2D eigenvalue weighted by Crippen LogP contribution is 2.21. The monoisotopic (exact) mass is 313 g/mol. The first kappa shape index (κ1) is 16.1. The predicted molar refractivity (Wildman–Crippen MR) is 74.5 cm³/mol. The zero-order valence-electron chi connectivity index (χ0n) is 12.5. The van der Waals surface area contributed by atoms with E-state index in [2.05, 4.69) is 15.5 Å². The van der Waals surface area contributed by atoms with Crippen molar-refractivity contribution in [1.82, 2.24) is 19.6 Å². The Hall–Kier alpha value is -2.29. The third-order valence-corrected chi connectivity index (χ3v) is 3.07. The lowest BCUT2D eigenvalue weighted by atomic mass is 10.3. The van der Waals surface area contributed by atoms with E-state index in [1.807, 2.05) is 0 Å². The number of hydrogen-bond acceptors (Lipinski definition) is 4. The van der Waals surface area contributed by atoms with Gasteiger partial charge in [-0.25, -0.2) is 13.5 Å². The van der Waals surface area contributed by atoms with Gasteiger partial charge in [0.25, 0.3) is 6.43 Å². The molecule has 1 unspecified atom stereocenters. The smallest absolute Gasteiger partial charge is 0.282 e. The van der Waals surface area contributed by atoms with E-state index in [1.165, 1.54) is 28.7 Å². The second-order valence-electron chi connectivity index (χ2n) is 4.81. The lowest BCUT2D eigenvalue weighted by Crippen LogP contribution is -2.25. The van der Waals surface area contributed by atoms with E-state index in [1.54, 1.807) is 20.0 Å². The van der Waals surface area contributed by atoms with Gasteiger partial charge in [-0.2, -0.15) is 10.2 Å². The van der Waals surface area contributed by atoms with Crippen molar-refractivity contribution in [1.29, 1.82) is 0 Å². The number of halogens is 2. The van der Waals surface area contributed by atoms with Crippen molar-refractivity contribution in [3.8, 4) is 0 Å². The van der Waals surface area contributed by atoms with Gasteiger partial charge in [-0.15, -0.1) is 0 Å². The van der Waals surface area contributed by atoms with Gasteiger partial charge in [0, 0.05) is 12.8 Å². The number of methoxy groups -OCH3 is 1. The summed E-state index contributed by atoms with van der Waals surface area (Å²) >= 11 is 0. The molecule has 7 nitrogen and oxygen atoms in total. The fourth-order valence-corrected chi connectivity index (χ4v) is 2.00. The molecule has 2 aromatic rings. The molecule has 0 aliphatic rings. The van der Waals surface area contributed by atoms with Gasteiger partial charge >= 0.3 is 0 Å². The number of ether oxygens (including phenoxy) is 1. The normalized spacial score (nSPS) is 12.6. The molecular weight excluding hydrogens is 296 g/mol. The first-order valence-corrected chi connectivity index (χ1v) is 6.58. The Labute approximate surface area is 125 Å². The Kier molecular flexibility index (Phi) is 4.86. The number of nitrogens with one attached hydrogen (secondary N) is 1. The zero-order valence-corrected chi connectivity index (χ0v) is 12.5. The number of anilines is 1. The molecule has 9 heteroatoms. The van der Waals surface area contributed by atoms with Crippen molar-refractivity contribution < 1.29 is 18.3 Å². The number of nitrogens with zero attached hydrogens (tertiary/aromatic N) is 4. The molecule has 2 heterocycles. The quantitative estimate of drug-likeness (QED) is 0.886. The minimum atomic E-state index is -2.66. The molecule has 1 amide bonds. The molecule has 0 spiro atoms. The van der Waals surface area contributed by atoms with Gasteiger partial charge in [-0.3, -0.25) is 9.48 Å². The van der Waals surface area contributed by atoms with Crippen LogP contribution in [0.2, 0.25) is 0 Å². The highest BCUT2D eigenvalue weighted by Gasteiger charge is 2.21. The number of amides is 1. The molecule has 2 aromatic heterocycles. The third-order valence-electron chi connectivity index (χ3n) is 3.07. The SMILES string of the molecule is COCn1cc(NC(=O)C(C)n2nc(C(F)F)cc2C)cn1. The molecule has 0 saturated heterocycles. The Morgan fingerprint density at radius 3 is 2.82 bits per heavy atom. The first-order valence-electron chi connectivity index (χ1n) is 6.58. The average molecular weight is 313 g/mol. The molecule has 1 N–H and O–H groups in total. The van der Waals surface area contributed by atoms with E-state index in [0.717, 1.165) is 0 Å². The minimum Gasteiger partial charge on any atom is -0.362 e. The number of alkyl halides is 2. The maximum atomic E-state index is 12.6. The predicted octanol–water partition coefficient (Wildman–Crippen LogP) is 2.13. The summed E-state index contributed by atoms with van der Waals surface area (Å²) in [5.74, 6) is -0.371. The van der Waals surface area contributed by atoms with E-state index >= 15 is 0 Å². The maximum Gasteiger partial charge on any atom is 0.282 e. The fourth-order valence-electron chi connectivity index (χ4n) is 2.00. The zero-order chi connectivity index (χ0) is 16.3. The highest BCUT2D eigenvalue weighted by atomic mass is 19.3. The van der Waals surface area contributed by atoms with Gasteiger partial charge in [-0.1, -0.05) is 0 Å². The number of carbonyl (C=O) groups is 1. The molecule has 0 aliphatic heterocycles. The lowest BCUT2D eigenvalue weighted by Gasteiger charge is -2.13. The van der Waals surface area contributed by atoms with Crippen molar-refractivity contribution in [2.75, 3.05) is 12.4 Å². The molecule has 2 rings (SSSR count). The van der Waals surface area contributed by atoms with Crippen LogP contribution < -0.4 is 5.32 Å². The van der Waals surface area contributed by atoms with Crippen LogP contribution >= 0.6 is 0 Å². The summed E-state index contributed by atoms with van der Waals surface area (Å²) in [5, 5.41) is 10.4. The van der Waals surface area contributed by atoms with Crippen LogP contribution in [0.4, 0.5) is 14.5 Å². The van der Waals surface area contributed by atoms with Crippen LogP contribution in [0.15, 0.2) is 18.5 Å². The Bertz CT molecular complexity index is 653. The highest BCUT2D eigenvalue weighted by molar-refractivity contribution is 5.93. The number of rotatable bonds is 6. The van der Waals surface area contributed by atoms with Crippen LogP contribution in [0.1, 0.15) is 30.8 Å². The summed E-state index contributed by atoms with van der Waals surface area (Å²) in [6.07, 6.45) is 0.418. The number of aryl methyl sites for hydroxylation is 1. The van der Waals surface area contributed by atoms with Crippen LogP contribution in [0.3, 0.4) is 0 Å². The molecule has 0 aromatic carbocycles. The molecule has 0 radical (unpaired) electrons. The molecule has 1 atom stereocenters. The van der Waals surface area contributed by atoms with E-state index in [0.29, 0.717) is 11.4 Å². The number of hydrogen-bond donors (Lipinski definition) is 1. The second kappa shape index (κ2) is 6.65. The van der Waals surface area contributed by atoms with E-state index < -0.39 is 12.5 Å².